The van der Waals surface area contributed by atoms with E-state index >= 15 is 0 Å². The first-order valence-electron chi connectivity index (χ1n) is 6.46. The van der Waals surface area contributed by atoms with Crippen LogP contribution in [-0.4, -0.2) is 0 Å². The van der Waals surface area contributed by atoms with E-state index in [0.29, 0.717) is 0 Å². The molecule has 0 fully saturated rings. The quantitative estimate of drug-likeness (QED) is 0.641. The Balaban J connectivity index is 0.000000686. The predicted molar refractivity (Wildman–Crippen MR) is 78.0 cm³/mol. The third-order valence-electron chi connectivity index (χ3n) is 2.71. The molecule has 0 saturated carbocycles. The van der Waals surface area contributed by atoms with Gasteiger partial charge in [0.15, 0.2) is 0 Å². The molecule has 0 heteroatoms. The SMILES string of the molecule is CC.Cc1ccccc1/C=C/C1=CC=CCC1. The maximum absolute atomic E-state index is 2.23. The zero-order chi connectivity index (χ0) is 12.5. The minimum Gasteiger partial charge on any atom is -0.0842 e. The fourth-order valence-corrected chi connectivity index (χ4v) is 1.73. The van der Waals surface area contributed by atoms with Crippen molar-refractivity contribution >= 4 is 6.08 Å². The van der Waals surface area contributed by atoms with Gasteiger partial charge in [-0.05, 0) is 36.5 Å². The normalized spacial score (nSPS) is 14.2. The van der Waals surface area contributed by atoms with Gasteiger partial charge in [-0.25, -0.2) is 0 Å². The minimum absolute atomic E-state index is 1.17. The van der Waals surface area contributed by atoms with E-state index in [1.807, 2.05) is 13.8 Å². The van der Waals surface area contributed by atoms with Crippen molar-refractivity contribution in [1.82, 2.24) is 0 Å². The fraction of sp³-hybridized carbons (Fsp3) is 0.294. The molecule has 2 rings (SSSR count). The molecule has 1 aliphatic carbocycles. The first-order valence-corrected chi connectivity index (χ1v) is 6.46. The van der Waals surface area contributed by atoms with Gasteiger partial charge in [0.2, 0.25) is 0 Å². The molecule has 0 bridgehead atoms. The van der Waals surface area contributed by atoms with Crippen LogP contribution in [-0.2, 0) is 0 Å². The second-order valence-corrected chi connectivity index (χ2v) is 3.90. The summed E-state index contributed by atoms with van der Waals surface area (Å²) >= 11 is 0. The van der Waals surface area contributed by atoms with Crippen LogP contribution in [0.25, 0.3) is 6.08 Å². The molecule has 0 heterocycles. The molecule has 90 valence electrons. The van der Waals surface area contributed by atoms with Gasteiger partial charge in [-0.1, -0.05) is 68.5 Å². The van der Waals surface area contributed by atoms with E-state index in [1.54, 1.807) is 0 Å². The van der Waals surface area contributed by atoms with Crippen molar-refractivity contribution in [2.24, 2.45) is 0 Å². The van der Waals surface area contributed by atoms with Crippen molar-refractivity contribution < 1.29 is 0 Å². The van der Waals surface area contributed by atoms with E-state index in [4.69, 9.17) is 0 Å². The first kappa shape index (κ1) is 13.5. The molecule has 0 atom stereocenters. The van der Waals surface area contributed by atoms with E-state index in [9.17, 15) is 0 Å². The third kappa shape index (κ3) is 4.44. The van der Waals surface area contributed by atoms with Crippen molar-refractivity contribution in [3.05, 3.63) is 65.3 Å². The van der Waals surface area contributed by atoms with Crippen LogP contribution in [0.3, 0.4) is 0 Å². The lowest BCUT2D eigenvalue weighted by atomic mass is 10.0. The summed E-state index contributed by atoms with van der Waals surface area (Å²) < 4.78 is 0. The Morgan fingerprint density at radius 3 is 2.47 bits per heavy atom. The Hall–Kier alpha value is -1.56. The Morgan fingerprint density at radius 1 is 1.06 bits per heavy atom. The van der Waals surface area contributed by atoms with Crippen LogP contribution in [0, 0.1) is 6.92 Å². The monoisotopic (exact) mass is 226 g/mol. The third-order valence-corrected chi connectivity index (χ3v) is 2.71. The summed E-state index contributed by atoms with van der Waals surface area (Å²) in [6, 6.07) is 8.47. The molecule has 1 aliphatic rings. The molecule has 0 saturated heterocycles. The maximum atomic E-state index is 2.23. The van der Waals surface area contributed by atoms with Gasteiger partial charge >= 0.3 is 0 Å². The number of hydrogen-bond donors (Lipinski definition) is 0. The van der Waals surface area contributed by atoms with Crippen LogP contribution in [0.4, 0.5) is 0 Å². The predicted octanol–water partition coefficient (Wildman–Crippen LogP) is 5.31. The minimum atomic E-state index is 1.17. The zero-order valence-corrected chi connectivity index (χ0v) is 11.1. The van der Waals surface area contributed by atoms with E-state index in [1.165, 1.54) is 29.5 Å². The largest absolute Gasteiger partial charge is 0.0842 e. The van der Waals surface area contributed by atoms with Crippen LogP contribution < -0.4 is 0 Å². The highest BCUT2D eigenvalue weighted by Crippen LogP contribution is 2.16. The summed E-state index contributed by atoms with van der Waals surface area (Å²) in [6.45, 7) is 6.15. The van der Waals surface area contributed by atoms with Crippen LogP contribution in [0.1, 0.15) is 37.8 Å². The van der Waals surface area contributed by atoms with Gasteiger partial charge in [-0.3, -0.25) is 0 Å². The highest BCUT2D eigenvalue weighted by atomic mass is 14.0. The standard InChI is InChI=1S/C15H16.C2H6/c1-13-7-5-6-10-15(13)12-11-14-8-3-2-4-9-14;1-2/h2-3,5-8,10-12H,4,9H2,1H3;1-2H3/b12-11+;. The number of benzene rings is 1. The van der Waals surface area contributed by atoms with Crippen molar-refractivity contribution in [3.8, 4) is 0 Å². The Kier molecular flexibility index (Phi) is 6.09. The lowest BCUT2D eigenvalue weighted by molar-refractivity contribution is 0.992. The molecule has 0 amide bonds. The van der Waals surface area contributed by atoms with E-state index < -0.39 is 0 Å². The zero-order valence-electron chi connectivity index (χ0n) is 11.1. The number of aryl methyl sites for hydroxylation is 1. The van der Waals surface area contributed by atoms with Crippen molar-refractivity contribution in [2.45, 2.75) is 33.6 Å². The molecule has 0 unspecified atom stereocenters. The van der Waals surface area contributed by atoms with Gasteiger partial charge in [0.25, 0.3) is 0 Å². The summed E-state index contributed by atoms with van der Waals surface area (Å²) in [7, 11) is 0. The molecule has 17 heavy (non-hydrogen) atoms. The second kappa shape index (κ2) is 7.67. The van der Waals surface area contributed by atoms with Gasteiger partial charge in [-0.15, -0.1) is 0 Å². The molecular weight excluding hydrogens is 204 g/mol. The van der Waals surface area contributed by atoms with Crippen LogP contribution in [0.2, 0.25) is 0 Å². The Bertz CT molecular complexity index is 419. The molecule has 0 aliphatic heterocycles. The summed E-state index contributed by atoms with van der Waals surface area (Å²) in [5.74, 6) is 0. The molecule has 0 spiro atoms. The van der Waals surface area contributed by atoms with Crippen LogP contribution >= 0.6 is 0 Å². The average molecular weight is 226 g/mol. The second-order valence-electron chi connectivity index (χ2n) is 3.90. The highest BCUT2D eigenvalue weighted by Gasteiger charge is 1.95. The highest BCUT2D eigenvalue weighted by molar-refractivity contribution is 5.56. The number of rotatable bonds is 2. The average Bonchev–Trinajstić information content (AvgIpc) is 2.41. The molecular formula is C17H22. The van der Waals surface area contributed by atoms with Gasteiger partial charge < -0.3 is 0 Å². The van der Waals surface area contributed by atoms with Crippen LogP contribution in [0.5, 0.6) is 0 Å². The summed E-state index contributed by atoms with van der Waals surface area (Å²) in [6.07, 6.45) is 13.3. The maximum Gasteiger partial charge on any atom is -0.0227 e. The number of hydrogen-bond acceptors (Lipinski definition) is 0. The smallest absolute Gasteiger partial charge is 0.0227 e. The first-order chi connectivity index (χ1) is 8.36. The Morgan fingerprint density at radius 2 is 1.82 bits per heavy atom. The van der Waals surface area contributed by atoms with E-state index in [0.717, 1.165) is 0 Å². The summed E-state index contributed by atoms with van der Waals surface area (Å²) in [4.78, 5) is 0. The van der Waals surface area contributed by atoms with E-state index in [2.05, 4.69) is 61.6 Å². The molecule has 0 radical (unpaired) electrons. The van der Waals surface area contributed by atoms with Crippen molar-refractivity contribution in [1.29, 1.82) is 0 Å². The Labute approximate surface area is 105 Å². The van der Waals surface area contributed by atoms with Crippen molar-refractivity contribution in [3.63, 3.8) is 0 Å². The lowest BCUT2D eigenvalue weighted by Gasteiger charge is -2.03. The summed E-state index contributed by atoms with van der Waals surface area (Å²) in [5.41, 5.74) is 4.06. The summed E-state index contributed by atoms with van der Waals surface area (Å²) in [5, 5.41) is 0. The lowest BCUT2D eigenvalue weighted by Crippen LogP contribution is -1.83. The molecule has 1 aromatic carbocycles. The van der Waals surface area contributed by atoms with Gasteiger partial charge in [-0.2, -0.15) is 0 Å². The topological polar surface area (TPSA) is 0 Å². The molecule has 0 nitrogen and oxygen atoms in total. The molecule has 1 aromatic rings. The van der Waals surface area contributed by atoms with Gasteiger partial charge in [0.05, 0.1) is 0 Å². The van der Waals surface area contributed by atoms with E-state index in [-0.39, 0.29) is 0 Å². The molecule has 0 N–H and O–H groups in total. The number of allylic oxidation sites excluding steroid dienone is 5. The van der Waals surface area contributed by atoms with Gasteiger partial charge in [0, 0.05) is 0 Å². The van der Waals surface area contributed by atoms with Crippen LogP contribution in [0.15, 0.2) is 54.1 Å². The fourth-order valence-electron chi connectivity index (χ4n) is 1.73. The van der Waals surface area contributed by atoms with Crippen molar-refractivity contribution in [2.75, 3.05) is 0 Å². The molecule has 0 aromatic heterocycles. The van der Waals surface area contributed by atoms with Gasteiger partial charge in [0.1, 0.15) is 0 Å².